The van der Waals surface area contributed by atoms with Crippen molar-refractivity contribution < 1.29 is 13.9 Å². The molecule has 1 heterocycles. The number of aliphatic hydroxyl groups is 1. The molecule has 17 heavy (non-hydrogen) atoms. The Morgan fingerprint density at radius 2 is 2.12 bits per heavy atom. The maximum absolute atomic E-state index is 13.1. The van der Waals surface area contributed by atoms with Gasteiger partial charge in [0.2, 0.25) is 0 Å². The van der Waals surface area contributed by atoms with Gasteiger partial charge in [0.1, 0.15) is 6.10 Å². The summed E-state index contributed by atoms with van der Waals surface area (Å²) in [6.07, 6.45) is 2.08. The van der Waals surface area contributed by atoms with Crippen molar-refractivity contribution in [1.82, 2.24) is 9.55 Å². The average Bonchev–Trinajstić information content (AvgIpc) is 2.80. The number of halogens is 2. The molecule has 5 heteroatoms. The van der Waals surface area contributed by atoms with Gasteiger partial charge in [-0.2, -0.15) is 0 Å². The summed E-state index contributed by atoms with van der Waals surface area (Å²) >= 11 is 0. The van der Waals surface area contributed by atoms with Gasteiger partial charge in [0.25, 0.3) is 0 Å². The van der Waals surface area contributed by atoms with Gasteiger partial charge in [-0.05, 0) is 24.6 Å². The van der Waals surface area contributed by atoms with Crippen molar-refractivity contribution >= 4 is 0 Å². The van der Waals surface area contributed by atoms with E-state index < -0.39 is 17.7 Å². The van der Waals surface area contributed by atoms with Crippen LogP contribution in [0.15, 0.2) is 30.7 Å². The fourth-order valence-electron chi connectivity index (χ4n) is 1.68. The second kappa shape index (κ2) is 4.63. The van der Waals surface area contributed by atoms with Crippen molar-refractivity contribution in [2.24, 2.45) is 0 Å². The molecule has 0 aliphatic heterocycles. The molecule has 2 aromatic rings. The minimum absolute atomic E-state index is 0.305. The highest BCUT2D eigenvalue weighted by Gasteiger charge is 2.16. The fraction of sp³-hybridized carbons (Fsp3) is 0.250. The van der Waals surface area contributed by atoms with Crippen LogP contribution in [0.4, 0.5) is 8.78 Å². The maximum Gasteiger partial charge on any atom is 0.159 e. The van der Waals surface area contributed by atoms with Crippen molar-refractivity contribution in [3.05, 3.63) is 53.6 Å². The molecule has 0 aliphatic carbocycles. The number of aryl methyl sites for hydroxylation is 1. The monoisotopic (exact) mass is 238 g/mol. The predicted molar refractivity (Wildman–Crippen MR) is 58.3 cm³/mol. The number of nitrogens with zero attached hydrogens (tertiary/aromatic N) is 2. The first-order chi connectivity index (χ1) is 8.13. The van der Waals surface area contributed by atoms with E-state index >= 15 is 0 Å². The van der Waals surface area contributed by atoms with E-state index in [1.807, 2.05) is 6.92 Å². The zero-order valence-electron chi connectivity index (χ0n) is 9.27. The van der Waals surface area contributed by atoms with Crippen LogP contribution >= 0.6 is 0 Å². The Kier molecular flexibility index (Phi) is 3.19. The van der Waals surface area contributed by atoms with Crippen LogP contribution in [-0.2, 0) is 6.54 Å². The molecule has 1 atom stereocenters. The van der Waals surface area contributed by atoms with E-state index in [-0.39, 0.29) is 0 Å². The van der Waals surface area contributed by atoms with E-state index in [4.69, 9.17) is 0 Å². The lowest BCUT2D eigenvalue weighted by molar-refractivity contribution is 0.209. The first-order valence-electron chi connectivity index (χ1n) is 5.26. The number of rotatable bonds is 3. The summed E-state index contributed by atoms with van der Waals surface area (Å²) < 4.78 is 27.6. The van der Waals surface area contributed by atoms with E-state index in [2.05, 4.69) is 4.98 Å². The third-order valence-corrected chi connectivity index (χ3v) is 2.62. The molecule has 1 N–H and O–H groups in total. The Hall–Kier alpha value is -1.75. The molecular formula is C12H12F2N2O. The molecule has 1 unspecified atom stereocenters. The van der Waals surface area contributed by atoms with Gasteiger partial charge < -0.3 is 9.67 Å². The predicted octanol–water partition coefficient (Wildman–Crippen LogP) is 2.26. The second-order valence-electron chi connectivity index (χ2n) is 3.68. The minimum Gasteiger partial charge on any atom is -0.382 e. The minimum atomic E-state index is -1.01. The molecule has 90 valence electrons. The van der Waals surface area contributed by atoms with Crippen LogP contribution in [0, 0.1) is 11.6 Å². The van der Waals surface area contributed by atoms with E-state index in [9.17, 15) is 13.9 Å². The van der Waals surface area contributed by atoms with Crippen molar-refractivity contribution in [2.75, 3.05) is 0 Å². The summed E-state index contributed by atoms with van der Waals surface area (Å²) in [6.45, 7) is 2.55. The number of benzene rings is 1. The van der Waals surface area contributed by atoms with Gasteiger partial charge in [-0.25, -0.2) is 13.8 Å². The normalized spacial score (nSPS) is 12.7. The topological polar surface area (TPSA) is 38.0 Å². The first kappa shape index (κ1) is 11.7. The zero-order chi connectivity index (χ0) is 12.4. The molecule has 0 saturated heterocycles. The lowest BCUT2D eigenvalue weighted by atomic mass is 10.1. The Morgan fingerprint density at radius 1 is 1.35 bits per heavy atom. The summed E-state index contributed by atoms with van der Waals surface area (Å²) in [5, 5.41) is 10.1. The van der Waals surface area contributed by atoms with Gasteiger partial charge in [-0.1, -0.05) is 6.07 Å². The Balaban J connectivity index is 2.36. The number of hydrogen-bond acceptors (Lipinski definition) is 2. The van der Waals surface area contributed by atoms with E-state index in [0.29, 0.717) is 17.8 Å². The van der Waals surface area contributed by atoms with Gasteiger partial charge in [-0.3, -0.25) is 0 Å². The molecule has 2 rings (SSSR count). The molecule has 0 bridgehead atoms. The van der Waals surface area contributed by atoms with Crippen LogP contribution in [0.2, 0.25) is 0 Å². The summed E-state index contributed by atoms with van der Waals surface area (Å²) in [4.78, 5) is 3.91. The molecule has 0 fully saturated rings. The van der Waals surface area contributed by atoms with E-state index in [1.165, 1.54) is 12.3 Å². The molecular weight excluding hydrogens is 226 g/mol. The lowest BCUT2D eigenvalue weighted by Gasteiger charge is -2.13. The molecule has 0 radical (unpaired) electrons. The van der Waals surface area contributed by atoms with Crippen molar-refractivity contribution in [2.45, 2.75) is 19.6 Å². The van der Waals surface area contributed by atoms with Crippen molar-refractivity contribution in [3.63, 3.8) is 0 Å². The number of imidazole rings is 1. The lowest BCUT2D eigenvalue weighted by Crippen LogP contribution is -2.07. The molecule has 0 aliphatic rings. The van der Waals surface area contributed by atoms with Gasteiger partial charge in [0, 0.05) is 6.54 Å². The molecule has 0 spiro atoms. The first-order valence-corrected chi connectivity index (χ1v) is 5.26. The summed E-state index contributed by atoms with van der Waals surface area (Å²) in [5.74, 6) is -1.89. The second-order valence-corrected chi connectivity index (χ2v) is 3.68. The van der Waals surface area contributed by atoms with Crippen LogP contribution in [0.25, 0.3) is 0 Å². The molecule has 0 amide bonds. The summed E-state index contributed by atoms with van der Waals surface area (Å²) in [7, 11) is 0. The Morgan fingerprint density at radius 3 is 2.76 bits per heavy atom. The summed E-state index contributed by atoms with van der Waals surface area (Å²) in [5.41, 5.74) is 0.859. The molecule has 0 saturated carbocycles. The van der Waals surface area contributed by atoms with Gasteiger partial charge in [0.05, 0.1) is 18.2 Å². The molecule has 1 aromatic heterocycles. The smallest absolute Gasteiger partial charge is 0.159 e. The number of hydrogen-bond donors (Lipinski definition) is 1. The maximum atomic E-state index is 13.1. The van der Waals surface area contributed by atoms with Gasteiger partial charge >= 0.3 is 0 Å². The van der Waals surface area contributed by atoms with Crippen molar-refractivity contribution in [1.29, 1.82) is 0 Å². The largest absolute Gasteiger partial charge is 0.382 e. The highest BCUT2D eigenvalue weighted by Crippen LogP contribution is 2.23. The number of aromatic nitrogens is 2. The van der Waals surface area contributed by atoms with Gasteiger partial charge in [-0.15, -0.1) is 0 Å². The van der Waals surface area contributed by atoms with Crippen molar-refractivity contribution in [3.8, 4) is 0 Å². The number of aliphatic hydroxyl groups excluding tert-OH is 1. The highest BCUT2D eigenvalue weighted by atomic mass is 19.2. The van der Waals surface area contributed by atoms with Gasteiger partial charge in [0.15, 0.2) is 11.6 Å². The zero-order valence-corrected chi connectivity index (χ0v) is 9.27. The van der Waals surface area contributed by atoms with Crippen LogP contribution in [-0.4, -0.2) is 14.7 Å². The van der Waals surface area contributed by atoms with Crippen LogP contribution in [0.5, 0.6) is 0 Å². The SMILES string of the molecule is CCn1cncc1C(O)c1ccc(F)c(F)c1. The van der Waals surface area contributed by atoms with Crippen LogP contribution in [0.1, 0.15) is 24.3 Å². The van der Waals surface area contributed by atoms with E-state index in [1.54, 1.807) is 10.9 Å². The van der Waals surface area contributed by atoms with Crippen LogP contribution < -0.4 is 0 Å². The average molecular weight is 238 g/mol. The highest BCUT2D eigenvalue weighted by molar-refractivity contribution is 5.26. The van der Waals surface area contributed by atoms with Crippen LogP contribution in [0.3, 0.4) is 0 Å². The quantitative estimate of drug-likeness (QED) is 0.890. The fourth-order valence-corrected chi connectivity index (χ4v) is 1.68. The molecule has 1 aromatic carbocycles. The Labute approximate surface area is 97.3 Å². The third kappa shape index (κ3) is 2.19. The Bertz CT molecular complexity index is 525. The van der Waals surface area contributed by atoms with E-state index in [0.717, 1.165) is 12.1 Å². The third-order valence-electron chi connectivity index (χ3n) is 2.62. The summed E-state index contributed by atoms with van der Waals surface area (Å²) in [6, 6.07) is 3.35. The molecule has 3 nitrogen and oxygen atoms in total. The standard InChI is InChI=1S/C12H12F2N2O/c1-2-16-7-15-6-11(16)12(17)8-3-4-9(13)10(14)5-8/h3-7,12,17H,2H2,1H3.